The Kier molecular flexibility index (Phi) is 6.78. The van der Waals surface area contributed by atoms with Gasteiger partial charge >= 0.3 is 0 Å². The molecule has 2 aromatic heterocycles. The van der Waals surface area contributed by atoms with Crippen LogP contribution in [0.4, 0.5) is 0 Å². The molecule has 0 bridgehead atoms. The van der Waals surface area contributed by atoms with Crippen molar-refractivity contribution in [1.82, 2.24) is 15.0 Å². The molecule has 5 nitrogen and oxygen atoms in total. The molecule has 0 saturated carbocycles. The smallest absolute Gasteiger partial charge is 0.164 e. The summed E-state index contributed by atoms with van der Waals surface area (Å²) in [6, 6.07) is 65.6. The quantitative estimate of drug-likeness (QED) is 0.180. The Hall–Kier alpha value is -7.63. The van der Waals surface area contributed by atoms with Crippen LogP contribution >= 0.6 is 0 Å². The van der Waals surface area contributed by atoms with Gasteiger partial charge in [0.2, 0.25) is 0 Å². The molecule has 0 saturated heterocycles. The fourth-order valence-corrected chi connectivity index (χ4v) is 9.06. The van der Waals surface area contributed by atoms with Crippen LogP contribution in [0, 0.1) is 0 Å². The van der Waals surface area contributed by atoms with Crippen molar-refractivity contribution in [2.24, 2.45) is 0 Å². The highest BCUT2D eigenvalue weighted by Crippen LogP contribution is 2.62. The molecular weight excluding hydrogens is 699 g/mol. The van der Waals surface area contributed by atoms with Crippen LogP contribution in [0.5, 0.6) is 11.5 Å². The molecule has 0 radical (unpaired) electrons. The zero-order valence-corrected chi connectivity index (χ0v) is 30.6. The zero-order chi connectivity index (χ0) is 37.5. The van der Waals surface area contributed by atoms with Crippen LogP contribution < -0.4 is 4.74 Å². The molecule has 10 aromatic rings. The minimum absolute atomic E-state index is 0.520. The minimum Gasteiger partial charge on any atom is -0.457 e. The molecule has 1 aliphatic carbocycles. The van der Waals surface area contributed by atoms with Crippen LogP contribution in [0.15, 0.2) is 192 Å². The van der Waals surface area contributed by atoms with Gasteiger partial charge in [-0.25, -0.2) is 15.0 Å². The first-order chi connectivity index (χ1) is 28.2. The SMILES string of the molecule is c1ccc(-c2nc(-c3ccc(-c4ccc5c(c4)C4(c6ccccc6O5)c5ccccc5-c5ccccc54)cc3)nc(-c3ccc4c(c3)oc3ccccc34)n2)cc1. The average Bonchev–Trinajstić information content (AvgIpc) is 3.80. The van der Waals surface area contributed by atoms with Crippen LogP contribution in [0.1, 0.15) is 22.3 Å². The van der Waals surface area contributed by atoms with E-state index in [1.54, 1.807) is 0 Å². The molecule has 5 heteroatoms. The predicted octanol–water partition coefficient (Wildman–Crippen LogP) is 12.9. The summed E-state index contributed by atoms with van der Waals surface area (Å²) in [5.74, 6) is 3.55. The van der Waals surface area contributed by atoms with Gasteiger partial charge in [0.05, 0.1) is 5.41 Å². The van der Waals surface area contributed by atoms with Crippen LogP contribution in [0.2, 0.25) is 0 Å². The maximum atomic E-state index is 6.67. The normalized spacial score (nSPS) is 13.2. The van der Waals surface area contributed by atoms with E-state index in [4.69, 9.17) is 24.1 Å². The minimum atomic E-state index is -0.520. The molecule has 0 fully saturated rings. The first-order valence-electron chi connectivity index (χ1n) is 19.2. The van der Waals surface area contributed by atoms with Crippen LogP contribution in [-0.2, 0) is 5.41 Å². The van der Waals surface area contributed by atoms with Crippen molar-refractivity contribution in [3.63, 3.8) is 0 Å². The van der Waals surface area contributed by atoms with Gasteiger partial charge in [0.1, 0.15) is 22.7 Å². The number of nitrogens with zero attached hydrogens (tertiary/aromatic N) is 3. The van der Waals surface area contributed by atoms with Crippen molar-refractivity contribution in [3.8, 4) is 67.9 Å². The number of hydrogen-bond acceptors (Lipinski definition) is 5. The third kappa shape index (κ3) is 4.72. The fourth-order valence-electron chi connectivity index (χ4n) is 9.06. The highest BCUT2D eigenvalue weighted by molar-refractivity contribution is 6.05. The van der Waals surface area contributed by atoms with Gasteiger partial charge in [-0.1, -0.05) is 152 Å². The zero-order valence-electron chi connectivity index (χ0n) is 30.6. The summed E-state index contributed by atoms with van der Waals surface area (Å²) < 4.78 is 12.9. The van der Waals surface area contributed by atoms with Crippen molar-refractivity contribution < 1.29 is 9.15 Å². The number of rotatable bonds is 4. The Labute approximate surface area is 328 Å². The van der Waals surface area contributed by atoms with E-state index < -0.39 is 5.41 Å². The fraction of sp³-hybridized carbons (Fsp3) is 0.0192. The number of ether oxygens (including phenoxy) is 1. The average molecular weight is 730 g/mol. The van der Waals surface area contributed by atoms with E-state index in [0.717, 1.165) is 72.4 Å². The standard InChI is InChI=1S/C52H31N3O2/c1-2-12-33(13-3-1)49-53-50(55-51(54-49)36-26-28-40-39-16-6-10-20-45(39)56-48(40)31-36)34-24-22-32(23-25-34)35-27-29-47-44(30-35)52(43-19-9-11-21-46(43)57-47)41-17-7-4-14-37(41)38-15-5-8-18-42(38)52/h1-31H. The maximum Gasteiger partial charge on any atom is 0.164 e. The molecule has 0 unspecified atom stereocenters. The van der Waals surface area contributed by atoms with Crippen molar-refractivity contribution in [1.29, 1.82) is 0 Å². The summed E-state index contributed by atoms with van der Waals surface area (Å²) >= 11 is 0. The Morgan fingerprint density at radius 2 is 0.860 bits per heavy atom. The van der Waals surface area contributed by atoms with Gasteiger partial charge in [-0.2, -0.15) is 0 Å². The second-order valence-electron chi connectivity index (χ2n) is 14.7. The van der Waals surface area contributed by atoms with Gasteiger partial charge in [0.15, 0.2) is 17.5 Å². The first kappa shape index (κ1) is 31.7. The number of aromatic nitrogens is 3. The van der Waals surface area contributed by atoms with Crippen LogP contribution in [-0.4, -0.2) is 15.0 Å². The molecule has 2 aliphatic rings. The monoisotopic (exact) mass is 729 g/mol. The summed E-state index contributed by atoms with van der Waals surface area (Å²) in [4.78, 5) is 15.0. The highest BCUT2D eigenvalue weighted by atomic mass is 16.5. The van der Waals surface area contributed by atoms with Gasteiger partial charge in [0.25, 0.3) is 0 Å². The highest BCUT2D eigenvalue weighted by Gasteiger charge is 2.51. The van der Waals surface area contributed by atoms with Gasteiger partial charge in [0, 0.05) is 38.6 Å². The first-order valence-corrected chi connectivity index (χ1v) is 19.2. The third-order valence-electron chi connectivity index (χ3n) is 11.6. The molecule has 57 heavy (non-hydrogen) atoms. The molecule has 266 valence electrons. The summed E-state index contributed by atoms with van der Waals surface area (Å²) in [5.41, 5.74) is 13.4. The second-order valence-corrected chi connectivity index (χ2v) is 14.7. The molecular formula is C52H31N3O2. The van der Waals surface area contributed by atoms with Gasteiger partial charge in [-0.3, -0.25) is 0 Å². The summed E-state index contributed by atoms with van der Waals surface area (Å²) in [6.45, 7) is 0. The van der Waals surface area contributed by atoms with Crippen molar-refractivity contribution in [2.45, 2.75) is 5.41 Å². The van der Waals surface area contributed by atoms with E-state index in [9.17, 15) is 0 Å². The summed E-state index contributed by atoms with van der Waals surface area (Å²) in [6.07, 6.45) is 0. The Morgan fingerprint density at radius 1 is 0.333 bits per heavy atom. The lowest BCUT2D eigenvalue weighted by atomic mass is 9.66. The summed E-state index contributed by atoms with van der Waals surface area (Å²) in [7, 11) is 0. The predicted molar refractivity (Wildman–Crippen MR) is 226 cm³/mol. The van der Waals surface area contributed by atoms with Crippen LogP contribution in [0.25, 0.3) is 78.4 Å². The molecule has 1 spiro atoms. The molecule has 12 rings (SSSR count). The van der Waals surface area contributed by atoms with Gasteiger partial charge < -0.3 is 9.15 Å². The van der Waals surface area contributed by atoms with Crippen molar-refractivity contribution in [2.75, 3.05) is 0 Å². The van der Waals surface area contributed by atoms with E-state index in [1.807, 2.05) is 54.6 Å². The van der Waals surface area contributed by atoms with Gasteiger partial charge in [-0.15, -0.1) is 0 Å². The molecule has 0 amide bonds. The lowest BCUT2D eigenvalue weighted by Gasteiger charge is -2.39. The Balaban J connectivity index is 0.976. The molecule has 1 aliphatic heterocycles. The lowest BCUT2D eigenvalue weighted by molar-refractivity contribution is 0.436. The number of hydrogen-bond donors (Lipinski definition) is 0. The third-order valence-corrected chi connectivity index (χ3v) is 11.6. The topological polar surface area (TPSA) is 61.0 Å². The number of fused-ring (bicyclic) bond motifs is 12. The molecule has 3 heterocycles. The molecule has 0 atom stereocenters. The van der Waals surface area contributed by atoms with E-state index in [1.165, 1.54) is 22.3 Å². The number of benzene rings is 8. The largest absolute Gasteiger partial charge is 0.457 e. The second kappa shape index (κ2) is 12.2. The Bertz CT molecular complexity index is 3180. The lowest BCUT2D eigenvalue weighted by Crippen LogP contribution is -2.32. The summed E-state index contributed by atoms with van der Waals surface area (Å²) in [5, 5.41) is 2.15. The molecule has 8 aromatic carbocycles. The maximum absolute atomic E-state index is 6.67. The Morgan fingerprint density at radius 3 is 1.61 bits per heavy atom. The van der Waals surface area contributed by atoms with Crippen molar-refractivity contribution in [3.05, 3.63) is 210 Å². The van der Waals surface area contributed by atoms with E-state index in [-0.39, 0.29) is 0 Å². The van der Waals surface area contributed by atoms with E-state index >= 15 is 0 Å². The molecule has 0 N–H and O–H groups in total. The number of para-hydroxylation sites is 2. The van der Waals surface area contributed by atoms with Gasteiger partial charge in [-0.05, 0) is 69.8 Å². The number of furan rings is 1. The van der Waals surface area contributed by atoms with Crippen molar-refractivity contribution >= 4 is 21.9 Å². The van der Waals surface area contributed by atoms with E-state index in [0.29, 0.717) is 17.5 Å². The van der Waals surface area contributed by atoms with E-state index in [2.05, 4.69) is 133 Å². The van der Waals surface area contributed by atoms with Crippen LogP contribution in [0.3, 0.4) is 0 Å².